The van der Waals surface area contributed by atoms with Gasteiger partial charge in [0.15, 0.2) is 5.17 Å². The van der Waals surface area contributed by atoms with Gasteiger partial charge in [0.1, 0.15) is 0 Å². The summed E-state index contributed by atoms with van der Waals surface area (Å²) in [6.07, 6.45) is 0. The molecule has 0 amide bonds. The Morgan fingerprint density at radius 3 is 2.85 bits per heavy atom. The quantitative estimate of drug-likeness (QED) is 0.917. The predicted octanol–water partition coefficient (Wildman–Crippen LogP) is 1.75. The monoisotopic (exact) mass is 291 g/mol. The molecule has 1 atom stereocenters. The third kappa shape index (κ3) is 3.75. The molecule has 0 spiro atoms. The second-order valence-electron chi connectivity index (χ2n) is 5.06. The summed E-state index contributed by atoms with van der Waals surface area (Å²) in [6, 6.07) is 11.0. The average molecular weight is 291 g/mol. The van der Waals surface area contributed by atoms with Gasteiger partial charge in [-0.15, -0.1) is 0 Å². The highest BCUT2D eigenvalue weighted by Crippen LogP contribution is 2.25. The van der Waals surface area contributed by atoms with E-state index in [0.717, 1.165) is 50.3 Å². The van der Waals surface area contributed by atoms with Crippen LogP contribution in [0.4, 0.5) is 0 Å². The van der Waals surface area contributed by atoms with Gasteiger partial charge in [-0.2, -0.15) is 0 Å². The van der Waals surface area contributed by atoms with Crippen LogP contribution < -0.4 is 5.32 Å². The summed E-state index contributed by atoms with van der Waals surface area (Å²) in [5.74, 6) is 1.07. The lowest BCUT2D eigenvalue weighted by Gasteiger charge is -2.25. The summed E-state index contributed by atoms with van der Waals surface area (Å²) in [6.45, 7) is 5.71. The summed E-state index contributed by atoms with van der Waals surface area (Å²) in [7, 11) is 0. The first-order valence-electron chi connectivity index (χ1n) is 7.20. The molecule has 2 heterocycles. The molecule has 1 aromatic carbocycles. The molecular formula is C15H21N3OS. The summed E-state index contributed by atoms with van der Waals surface area (Å²) in [4.78, 5) is 7.10. The third-order valence-corrected chi connectivity index (χ3v) is 4.68. The van der Waals surface area contributed by atoms with Crippen LogP contribution in [0.2, 0.25) is 0 Å². The predicted molar refractivity (Wildman–Crippen MR) is 84.3 cm³/mol. The molecule has 0 aromatic heterocycles. The Labute approximate surface area is 124 Å². The molecular weight excluding hydrogens is 270 g/mol. The molecule has 1 N–H and O–H groups in total. The Morgan fingerprint density at radius 1 is 1.25 bits per heavy atom. The van der Waals surface area contributed by atoms with Crippen molar-refractivity contribution in [3.63, 3.8) is 0 Å². The first-order valence-corrected chi connectivity index (χ1v) is 8.19. The number of hydrogen-bond donors (Lipinski definition) is 1. The zero-order chi connectivity index (χ0) is 13.6. The minimum Gasteiger partial charge on any atom is -0.379 e. The maximum atomic E-state index is 5.35. The van der Waals surface area contributed by atoms with E-state index in [2.05, 4.69) is 45.5 Å². The first kappa shape index (κ1) is 13.9. The van der Waals surface area contributed by atoms with Gasteiger partial charge in [0.25, 0.3) is 0 Å². The number of aliphatic imine (C=N–C) groups is 1. The van der Waals surface area contributed by atoms with Crippen molar-refractivity contribution in [2.24, 2.45) is 4.99 Å². The first-order chi connectivity index (χ1) is 9.92. The van der Waals surface area contributed by atoms with Crippen molar-refractivity contribution in [3.8, 4) is 0 Å². The lowest BCUT2D eigenvalue weighted by Crippen LogP contribution is -2.37. The van der Waals surface area contributed by atoms with Crippen LogP contribution in [0.1, 0.15) is 11.6 Å². The number of rotatable bonds is 4. The number of benzene rings is 1. The molecule has 0 saturated carbocycles. The summed E-state index contributed by atoms with van der Waals surface area (Å²) < 4.78 is 5.35. The molecule has 2 aliphatic rings. The van der Waals surface area contributed by atoms with Gasteiger partial charge in [-0.3, -0.25) is 9.89 Å². The topological polar surface area (TPSA) is 36.9 Å². The van der Waals surface area contributed by atoms with Gasteiger partial charge in [0, 0.05) is 25.4 Å². The molecule has 108 valence electrons. The zero-order valence-electron chi connectivity index (χ0n) is 11.6. The summed E-state index contributed by atoms with van der Waals surface area (Å²) >= 11 is 1.83. The summed E-state index contributed by atoms with van der Waals surface area (Å²) in [5, 5.41) is 4.60. The Balaban J connectivity index is 1.46. The van der Waals surface area contributed by atoms with Crippen molar-refractivity contribution in [3.05, 3.63) is 35.9 Å². The van der Waals surface area contributed by atoms with Crippen LogP contribution in [0.15, 0.2) is 35.3 Å². The van der Waals surface area contributed by atoms with E-state index in [1.807, 2.05) is 11.8 Å². The highest BCUT2D eigenvalue weighted by molar-refractivity contribution is 8.14. The maximum absolute atomic E-state index is 5.35. The SMILES string of the molecule is c1ccc(C2CSC(=NCCN3CCOCC3)N2)cc1. The molecule has 5 heteroatoms. The van der Waals surface area contributed by atoms with Crippen molar-refractivity contribution >= 4 is 16.9 Å². The number of nitrogens with one attached hydrogen (secondary N) is 1. The maximum Gasteiger partial charge on any atom is 0.157 e. The number of hydrogen-bond acceptors (Lipinski definition) is 4. The molecule has 3 rings (SSSR count). The number of morpholine rings is 1. The number of amidine groups is 1. The number of ether oxygens (including phenoxy) is 1. The largest absolute Gasteiger partial charge is 0.379 e. The van der Waals surface area contributed by atoms with Crippen molar-refractivity contribution in [2.45, 2.75) is 6.04 Å². The molecule has 2 saturated heterocycles. The molecule has 1 aromatic rings. The lowest BCUT2D eigenvalue weighted by molar-refractivity contribution is 0.0394. The standard InChI is InChI=1S/C15H21N3OS/c1-2-4-13(5-3-1)14-12-20-15(17-14)16-6-7-18-8-10-19-11-9-18/h1-5,14H,6-12H2,(H,16,17). The Hall–Kier alpha value is -1.04. The molecule has 0 aliphatic carbocycles. The average Bonchev–Trinajstić information content (AvgIpc) is 2.98. The fraction of sp³-hybridized carbons (Fsp3) is 0.533. The van der Waals surface area contributed by atoms with Gasteiger partial charge in [0.2, 0.25) is 0 Å². The van der Waals surface area contributed by atoms with E-state index in [-0.39, 0.29) is 0 Å². The van der Waals surface area contributed by atoms with Crippen molar-refractivity contribution in [1.82, 2.24) is 10.2 Å². The Bertz CT molecular complexity index is 446. The van der Waals surface area contributed by atoms with E-state index in [0.29, 0.717) is 6.04 Å². The Morgan fingerprint density at radius 2 is 2.05 bits per heavy atom. The highest BCUT2D eigenvalue weighted by atomic mass is 32.2. The van der Waals surface area contributed by atoms with E-state index in [9.17, 15) is 0 Å². The molecule has 20 heavy (non-hydrogen) atoms. The zero-order valence-corrected chi connectivity index (χ0v) is 12.4. The number of thioether (sulfide) groups is 1. The third-order valence-electron chi connectivity index (χ3n) is 3.66. The van der Waals surface area contributed by atoms with Crippen molar-refractivity contribution in [1.29, 1.82) is 0 Å². The summed E-state index contributed by atoms with van der Waals surface area (Å²) in [5.41, 5.74) is 1.35. The fourth-order valence-electron chi connectivity index (χ4n) is 2.47. The van der Waals surface area contributed by atoms with E-state index in [4.69, 9.17) is 4.74 Å². The minimum absolute atomic E-state index is 0.406. The van der Waals surface area contributed by atoms with E-state index in [1.165, 1.54) is 5.56 Å². The van der Waals surface area contributed by atoms with Crippen LogP contribution in [0.25, 0.3) is 0 Å². The van der Waals surface area contributed by atoms with E-state index in [1.54, 1.807) is 0 Å². The van der Waals surface area contributed by atoms with Gasteiger partial charge < -0.3 is 10.1 Å². The minimum atomic E-state index is 0.406. The van der Waals surface area contributed by atoms with Gasteiger partial charge in [0.05, 0.1) is 25.8 Å². The van der Waals surface area contributed by atoms with Gasteiger partial charge in [-0.1, -0.05) is 42.1 Å². The van der Waals surface area contributed by atoms with Crippen LogP contribution in [0, 0.1) is 0 Å². The second kappa shape index (κ2) is 7.11. The van der Waals surface area contributed by atoms with Crippen molar-refractivity contribution in [2.75, 3.05) is 45.1 Å². The second-order valence-corrected chi connectivity index (χ2v) is 6.07. The number of nitrogens with zero attached hydrogens (tertiary/aromatic N) is 2. The van der Waals surface area contributed by atoms with Crippen LogP contribution in [0.3, 0.4) is 0 Å². The molecule has 0 radical (unpaired) electrons. The molecule has 1 unspecified atom stereocenters. The highest BCUT2D eigenvalue weighted by Gasteiger charge is 2.21. The van der Waals surface area contributed by atoms with Crippen LogP contribution >= 0.6 is 11.8 Å². The van der Waals surface area contributed by atoms with E-state index >= 15 is 0 Å². The molecule has 0 bridgehead atoms. The Kier molecular flexibility index (Phi) is 4.95. The smallest absolute Gasteiger partial charge is 0.157 e. The van der Waals surface area contributed by atoms with Crippen molar-refractivity contribution < 1.29 is 4.74 Å². The lowest BCUT2D eigenvalue weighted by atomic mass is 10.1. The van der Waals surface area contributed by atoms with Gasteiger partial charge >= 0.3 is 0 Å². The molecule has 4 nitrogen and oxygen atoms in total. The van der Waals surface area contributed by atoms with Crippen LogP contribution in [0.5, 0.6) is 0 Å². The van der Waals surface area contributed by atoms with Gasteiger partial charge in [-0.05, 0) is 5.56 Å². The van der Waals surface area contributed by atoms with Crippen LogP contribution in [-0.2, 0) is 4.74 Å². The molecule has 2 aliphatic heterocycles. The molecule has 2 fully saturated rings. The van der Waals surface area contributed by atoms with Crippen LogP contribution in [-0.4, -0.2) is 55.2 Å². The van der Waals surface area contributed by atoms with Gasteiger partial charge in [-0.25, -0.2) is 0 Å². The fourth-order valence-corrected chi connectivity index (χ4v) is 3.48. The van der Waals surface area contributed by atoms with E-state index < -0.39 is 0 Å². The normalized spacial score (nSPS) is 25.8.